The largest absolute Gasteiger partial charge is 0.379 e. The van der Waals surface area contributed by atoms with Crippen molar-refractivity contribution in [2.45, 2.75) is 13.0 Å². The second kappa shape index (κ2) is 8.71. The summed E-state index contributed by atoms with van der Waals surface area (Å²) in [6.07, 6.45) is 3.55. The molecule has 1 aliphatic rings. The van der Waals surface area contributed by atoms with E-state index in [9.17, 15) is 4.79 Å². The topological polar surface area (TPSA) is 63.7 Å². The molecule has 0 spiro atoms. The van der Waals surface area contributed by atoms with E-state index in [-0.39, 0.29) is 18.6 Å². The second-order valence-electron chi connectivity index (χ2n) is 4.84. The highest BCUT2D eigenvalue weighted by molar-refractivity contribution is 5.78. The lowest BCUT2D eigenvalue weighted by molar-refractivity contribution is -0.140. The number of rotatable bonds is 7. The Kier molecular flexibility index (Phi) is 6.59. The molecule has 0 radical (unpaired) electrons. The molecule has 0 aliphatic carbocycles. The summed E-state index contributed by atoms with van der Waals surface area (Å²) in [5.74, 6) is 0.0156. The van der Waals surface area contributed by atoms with Crippen molar-refractivity contribution < 1.29 is 14.3 Å². The Morgan fingerprint density at radius 2 is 2.33 bits per heavy atom. The average Bonchev–Trinajstić information content (AvgIpc) is 2.55. The highest BCUT2D eigenvalue weighted by Gasteiger charge is 2.27. The Bertz CT molecular complexity index is 427. The molecule has 1 unspecified atom stereocenters. The van der Waals surface area contributed by atoms with E-state index < -0.39 is 0 Å². The van der Waals surface area contributed by atoms with Gasteiger partial charge in [0.1, 0.15) is 6.61 Å². The third-order valence-corrected chi connectivity index (χ3v) is 3.43. The lowest BCUT2D eigenvalue weighted by atomic mass is 10.1. The molecule has 6 nitrogen and oxygen atoms in total. The number of nitrogens with zero attached hydrogens (tertiary/aromatic N) is 2. The van der Waals surface area contributed by atoms with Crippen LogP contribution >= 0.6 is 0 Å². The van der Waals surface area contributed by atoms with Crippen LogP contribution in [-0.2, 0) is 14.3 Å². The SMILES string of the molecule is CCOCCOCC(=O)N1CCNCC1c1cccnc1. The van der Waals surface area contributed by atoms with Crippen LogP contribution in [0.25, 0.3) is 0 Å². The van der Waals surface area contributed by atoms with Gasteiger partial charge in [0.2, 0.25) is 5.91 Å². The smallest absolute Gasteiger partial charge is 0.249 e. The normalized spacial score (nSPS) is 18.7. The van der Waals surface area contributed by atoms with E-state index in [1.807, 2.05) is 30.2 Å². The van der Waals surface area contributed by atoms with Gasteiger partial charge in [0.25, 0.3) is 0 Å². The number of ether oxygens (including phenoxy) is 2. The van der Waals surface area contributed by atoms with Gasteiger partial charge in [-0.1, -0.05) is 6.07 Å². The van der Waals surface area contributed by atoms with Crippen LogP contribution in [0, 0.1) is 0 Å². The van der Waals surface area contributed by atoms with Gasteiger partial charge in [0.05, 0.1) is 19.3 Å². The van der Waals surface area contributed by atoms with Gasteiger partial charge in [-0.15, -0.1) is 0 Å². The molecule has 1 aromatic rings. The number of pyridine rings is 1. The third kappa shape index (κ3) is 4.77. The van der Waals surface area contributed by atoms with Crippen molar-refractivity contribution in [3.05, 3.63) is 30.1 Å². The molecule has 0 aromatic carbocycles. The molecule has 2 rings (SSSR count). The van der Waals surface area contributed by atoms with Crippen molar-refractivity contribution in [3.63, 3.8) is 0 Å². The predicted molar refractivity (Wildman–Crippen MR) is 78.9 cm³/mol. The van der Waals surface area contributed by atoms with Gasteiger partial charge in [-0.3, -0.25) is 9.78 Å². The number of amides is 1. The van der Waals surface area contributed by atoms with Crippen LogP contribution in [-0.4, -0.2) is 61.9 Å². The number of hydrogen-bond donors (Lipinski definition) is 1. The highest BCUT2D eigenvalue weighted by atomic mass is 16.5. The first-order valence-corrected chi connectivity index (χ1v) is 7.38. The molecule has 1 aliphatic heterocycles. The van der Waals surface area contributed by atoms with Crippen molar-refractivity contribution in [2.75, 3.05) is 46.1 Å². The molecule has 1 amide bonds. The monoisotopic (exact) mass is 293 g/mol. The molecular weight excluding hydrogens is 270 g/mol. The zero-order valence-electron chi connectivity index (χ0n) is 12.5. The van der Waals surface area contributed by atoms with E-state index in [2.05, 4.69) is 10.3 Å². The van der Waals surface area contributed by atoms with Crippen LogP contribution in [0.1, 0.15) is 18.5 Å². The molecule has 1 N–H and O–H groups in total. The molecule has 116 valence electrons. The number of nitrogens with one attached hydrogen (secondary N) is 1. The highest BCUT2D eigenvalue weighted by Crippen LogP contribution is 2.21. The zero-order valence-corrected chi connectivity index (χ0v) is 12.5. The van der Waals surface area contributed by atoms with Crippen molar-refractivity contribution in [1.29, 1.82) is 0 Å². The van der Waals surface area contributed by atoms with E-state index in [4.69, 9.17) is 9.47 Å². The minimum absolute atomic E-state index is 0.0156. The lowest BCUT2D eigenvalue weighted by Crippen LogP contribution is -2.49. The molecule has 21 heavy (non-hydrogen) atoms. The fourth-order valence-corrected chi connectivity index (χ4v) is 2.38. The van der Waals surface area contributed by atoms with Crippen LogP contribution in [0.3, 0.4) is 0 Å². The molecule has 2 heterocycles. The number of piperazine rings is 1. The standard InChI is InChI=1S/C15H23N3O3/c1-2-20-8-9-21-12-15(19)18-7-6-17-11-14(18)13-4-3-5-16-10-13/h3-5,10,14,17H,2,6-9,11-12H2,1H3. The first kappa shape index (κ1) is 15.9. The Labute approximate surface area is 125 Å². The Morgan fingerprint density at radius 1 is 1.48 bits per heavy atom. The number of aromatic nitrogens is 1. The Morgan fingerprint density at radius 3 is 3.10 bits per heavy atom. The molecule has 1 fully saturated rings. The summed E-state index contributed by atoms with van der Waals surface area (Å²) in [6.45, 7) is 5.91. The first-order valence-electron chi connectivity index (χ1n) is 7.38. The summed E-state index contributed by atoms with van der Waals surface area (Å²) in [6, 6.07) is 3.92. The molecule has 0 saturated carbocycles. The average molecular weight is 293 g/mol. The minimum Gasteiger partial charge on any atom is -0.379 e. The maximum Gasteiger partial charge on any atom is 0.249 e. The van der Waals surface area contributed by atoms with Crippen LogP contribution in [0.5, 0.6) is 0 Å². The summed E-state index contributed by atoms with van der Waals surface area (Å²) in [5, 5.41) is 3.32. The molecule has 1 saturated heterocycles. The van der Waals surface area contributed by atoms with Gasteiger partial charge in [-0.25, -0.2) is 0 Å². The molecule has 0 bridgehead atoms. The lowest BCUT2D eigenvalue weighted by Gasteiger charge is -2.36. The Hall–Kier alpha value is -1.50. The van der Waals surface area contributed by atoms with E-state index in [1.165, 1.54) is 0 Å². The predicted octanol–water partition coefficient (Wildman–Crippen LogP) is 0.608. The second-order valence-corrected chi connectivity index (χ2v) is 4.84. The fourth-order valence-electron chi connectivity index (χ4n) is 2.38. The number of carbonyl (C=O) groups excluding carboxylic acids is 1. The van der Waals surface area contributed by atoms with E-state index in [0.29, 0.717) is 26.4 Å². The van der Waals surface area contributed by atoms with E-state index >= 15 is 0 Å². The van der Waals surface area contributed by atoms with Gasteiger partial charge in [-0.2, -0.15) is 0 Å². The van der Waals surface area contributed by atoms with Crippen molar-refractivity contribution in [2.24, 2.45) is 0 Å². The van der Waals surface area contributed by atoms with Crippen molar-refractivity contribution >= 4 is 5.91 Å². The summed E-state index contributed by atoms with van der Waals surface area (Å²) in [5.41, 5.74) is 1.05. The van der Waals surface area contributed by atoms with Crippen LogP contribution in [0.4, 0.5) is 0 Å². The Balaban J connectivity index is 1.88. The first-order chi connectivity index (χ1) is 10.3. The quantitative estimate of drug-likeness (QED) is 0.746. The van der Waals surface area contributed by atoms with Gasteiger partial charge in [0.15, 0.2) is 0 Å². The fraction of sp³-hybridized carbons (Fsp3) is 0.600. The molecule has 6 heteroatoms. The van der Waals surface area contributed by atoms with Gasteiger partial charge < -0.3 is 19.7 Å². The molecule has 1 aromatic heterocycles. The summed E-state index contributed by atoms with van der Waals surface area (Å²) in [7, 11) is 0. The summed E-state index contributed by atoms with van der Waals surface area (Å²) < 4.78 is 10.6. The van der Waals surface area contributed by atoms with Crippen molar-refractivity contribution in [1.82, 2.24) is 15.2 Å². The number of carbonyl (C=O) groups is 1. The summed E-state index contributed by atoms with van der Waals surface area (Å²) in [4.78, 5) is 18.3. The van der Waals surface area contributed by atoms with E-state index in [0.717, 1.165) is 18.7 Å². The summed E-state index contributed by atoms with van der Waals surface area (Å²) >= 11 is 0. The van der Waals surface area contributed by atoms with Crippen LogP contribution in [0.2, 0.25) is 0 Å². The third-order valence-electron chi connectivity index (χ3n) is 3.43. The molecule has 1 atom stereocenters. The zero-order chi connectivity index (χ0) is 14.9. The van der Waals surface area contributed by atoms with Gasteiger partial charge in [0, 0.05) is 38.6 Å². The van der Waals surface area contributed by atoms with Gasteiger partial charge in [-0.05, 0) is 18.6 Å². The van der Waals surface area contributed by atoms with Crippen LogP contribution in [0.15, 0.2) is 24.5 Å². The van der Waals surface area contributed by atoms with Crippen LogP contribution < -0.4 is 5.32 Å². The van der Waals surface area contributed by atoms with Gasteiger partial charge >= 0.3 is 0 Å². The van der Waals surface area contributed by atoms with Crippen molar-refractivity contribution in [3.8, 4) is 0 Å². The maximum atomic E-state index is 12.3. The maximum absolute atomic E-state index is 12.3. The van der Waals surface area contributed by atoms with E-state index in [1.54, 1.807) is 6.20 Å². The number of hydrogen-bond acceptors (Lipinski definition) is 5. The molecular formula is C15H23N3O3. The minimum atomic E-state index is 0.0156.